The predicted octanol–water partition coefficient (Wildman–Crippen LogP) is 5.37. The number of nitrogens with zero attached hydrogens (tertiary/aromatic N) is 2. The van der Waals surface area contributed by atoms with Crippen molar-refractivity contribution in [3.63, 3.8) is 0 Å². The van der Waals surface area contributed by atoms with Crippen molar-refractivity contribution in [1.29, 1.82) is 0 Å². The first kappa shape index (κ1) is 18.2. The standard InChI is InChI=1S/C17H20BrN3S2/c1-4-23-14-8-9-15(18)16(11-14)20-17(19)21(2)12-6-5-7-13(10-12)22-3/h5-11H,4H2,1-3H3,(H2,19,20). The number of halogens is 1. The van der Waals surface area contributed by atoms with E-state index in [1.54, 1.807) is 23.5 Å². The molecule has 0 fully saturated rings. The van der Waals surface area contributed by atoms with Crippen molar-refractivity contribution in [3.8, 4) is 0 Å². The van der Waals surface area contributed by atoms with E-state index in [0.29, 0.717) is 5.96 Å². The van der Waals surface area contributed by atoms with Gasteiger partial charge in [-0.25, -0.2) is 4.99 Å². The van der Waals surface area contributed by atoms with Crippen molar-refractivity contribution in [3.05, 3.63) is 46.9 Å². The maximum absolute atomic E-state index is 6.21. The molecule has 0 heterocycles. The van der Waals surface area contributed by atoms with Gasteiger partial charge in [-0.3, -0.25) is 0 Å². The van der Waals surface area contributed by atoms with Crippen LogP contribution in [0.3, 0.4) is 0 Å². The summed E-state index contributed by atoms with van der Waals surface area (Å²) in [5.41, 5.74) is 8.07. The molecule has 0 aromatic heterocycles. The topological polar surface area (TPSA) is 41.6 Å². The Balaban J connectivity index is 2.29. The zero-order valence-corrected chi connectivity index (χ0v) is 16.6. The van der Waals surface area contributed by atoms with Gasteiger partial charge >= 0.3 is 0 Å². The highest BCUT2D eigenvalue weighted by atomic mass is 79.9. The maximum Gasteiger partial charge on any atom is 0.200 e. The molecule has 23 heavy (non-hydrogen) atoms. The summed E-state index contributed by atoms with van der Waals surface area (Å²) >= 11 is 7.04. The van der Waals surface area contributed by atoms with Gasteiger partial charge in [0, 0.05) is 27.0 Å². The smallest absolute Gasteiger partial charge is 0.200 e. The molecule has 0 saturated heterocycles. The highest BCUT2D eigenvalue weighted by molar-refractivity contribution is 9.10. The van der Waals surface area contributed by atoms with E-state index in [2.05, 4.69) is 58.4 Å². The number of benzene rings is 2. The van der Waals surface area contributed by atoms with Gasteiger partial charge < -0.3 is 10.6 Å². The number of nitrogens with two attached hydrogens (primary N) is 1. The summed E-state index contributed by atoms with van der Waals surface area (Å²) in [4.78, 5) is 8.87. The quantitative estimate of drug-likeness (QED) is 0.409. The number of rotatable bonds is 5. The Morgan fingerprint density at radius 1 is 1.22 bits per heavy atom. The van der Waals surface area contributed by atoms with E-state index < -0.39 is 0 Å². The third kappa shape index (κ3) is 4.93. The number of hydrogen-bond donors (Lipinski definition) is 1. The van der Waals surface area contributed by atoms with Crippen LogP contribution in [-0.4, -0.2) is 25.0 Å². The fourth-order valence-corrected chi connectivity index (χ4v) is 3.47. The van der Waals surface area contributed by atoms with Gasteiger partial charge in [0.1, 0.15) is 0 Å². The van der Waals surface area contributed by atoms with Crippen LogP contribution in [0.4, 0.5) is 11.4 Å². The van der Waals surface area contributed by atoms with Gasteiger partial charge in [-0.1, -0.05) is 13.0 Å². The highest BCUT2D eigenvalue weighted by Gasteiger charge is 2.08. The largest absolute Gasteiger partial charge is 0.369 e. The minimum atomic E-state index is 0.461. The van der Waals surface area contributed by atoms with Crippen molar-refractivity contribution in [2.75, 3.05) is 24.0 Å². The molecule has 0 unspecified atom stereocenters. The van der Waals surface area contributed by atoms with Gasteiger partial charge in [0.15, 0.2) is 0 Å². The number of anilines is 1. The monoisotopic (exact) mass is 409 g/mol. The predicted molar refractivity (Wildman–Crippen MR) is 108 cm³/mol. The van der Waals surface area contributed by atoms with Crippen molar-refractivity contribution < 1.29 is 0 Å². The van der Waals surface area contributed by atoms with Gasteiger partial charge in [0.2, 0.25) is 5.96 Å². The molecule has 0 atom stereocenters. The second kappa shape index (κ2) is 8.66. The molecule has 0 aliphatic heterocycles. The Kier molecular flexibility index (Phi) is 6.87. The van der Waals surface area contributed by atoms with Crippen molar-refractivity contribution >= 4 is 56.8 Å². The Morgan fingerprint density at radius 3 is 2.70 bits per heavy atom. The fourth-order valence-electron chi connectivity index (χ4n) is 1.98. The molecule has 0 aliphatic carbocycles. The molecular formula is C17H20BrN3S2. The normalized spacial score (nSPS) is 11.6. The molecule has 2 N–H and O–H groups in total. The third-order valence-electron chi connectivity index (χ3n) is 3.25. The lowest BCUT2D eigenvalue weighted by molar-refractivity contribution is 1.20. The Labute approximate surface area is 154 Å². The molecule has 2 aromatic carbocycles. The number of aliphatic imine (C=N–C) groups is 1. The maximum atomic E-state index is 6.21. The molecule has 0 radical (unpaired) electrons. The van der Waals surface area contributed by atoms with Crippen molar-refractivity contribution in [2.24, 2.45) is 10.7 Å². The summed E-state index contributed by atoms with van der Waals surface area (Å²) in [6.07, 6.45) is 2.06. The fraction of sp³-hybridized carbons (Fsp3) is 0.235. The zero-order valence-electron chi connectivity index (χ0n) is 13.4. The SMILES string of the molecule is CCSc1ccc(Br)c(N=C(N)N(C)c2cccc(SC)c2)c1. The Morgan fingerprint density at radius 2 is 2.00 bits per heavy atom. The van der Waals surface area contributed by atoms with Crippen LogP contribution in [0.25, 0.3) is 0 Å². The Hall–Kier alpha value is -1.11. The number of guanidine groups is 1. The average Bonchev–Trinajstić information content (AvgIpc) is 2.57. The summed E-state index contributed by atoms with van der Waals surface area (Å²) in [5.74, 6) is 1.49. The van der Waals surface area contributed by atoms with Crippen LogP contribution in [0.5, 0.6) is 0 Å². The van der Waals surface area contributed by atoms with E-state index in [9.17, 15) is 0 Å². The second-order valence-electron chi connectivity index (χ2n) is 4.78. The lowest BCUT2D eigenvalue weighted by atomic mass is 10.3. The summed E-state index contributed by atoms with van der Waals surface area (Å²) < 4.78 is 0.937. The van der Waals surface area contributed by atoms with Crippen LogP contribution in [0.1, 0.15) is 6.92 Å². The summed E-state index contributed by atoms with van der Waals surface area (Å²) in [5, 5.41) is 0. The van der Waals surface area contributed by atoms with Crippen molar-refractivity contribution in [2.45, 2.75) is 16.7 Å². The molecule has 0 bridgehead atoms. The first-order chi connectivity index (χ1) is 11.0. The van der Waals surface area contributed by atoms with Gasteiger partial charge in [-0.05, 0) is 64.3 Å². The van der Waals surface area contributed by atoms with Crippen LogP contribution in [0.2, 0.25) is 0 Å². The molecule has 122 valence electrons. The zero-order chi connectivity index (χ0) is 16.8. The van der Waals surface area contributed by atoms with Gasteiger partial charge in [0.05, 0.1) is 5.69 Å². The van der Waals surface area contributed by atoms with E-state index in [-0.39, 0.29) is 0 Å². The van der Waals surface area contributed by atoms with E-state index in [1.807, 2.05) is 30.1 Å². The van der Waals surface area contributed by atoms with Crippen molar-refractivity contribution in [1.82, 2.24) is 0 Å². The van der Waals surface area contributed by atoms with Crippen LogP contribution in [0.15, 0.2) is 61.7 Å². The minimum absolute atomic E-state index is 0.461. The molecule has 0 aliphatic rings. The molecule has 0 saturated carbocycles. The van der Waals surface area contributed by atoms with Crippen LogP contribution in [-0.2, 0) is 0 Å². The number of hydrogen-bond acceptors (Lipinski definition) is 3. The highest BCUT2D eigenvalue weighted by Crippen LogP contribution is 2.31. The second-order valence-corrected chi connectivity index (χ2v) is 7.85. The van der Waals surface area contributed by atoms with Gasteiger partial charge in [-0.15, -0.1) is 23.5 Å². The summed E-state index contributed by atoms with van der Waals surface area (Å²) in [7, 11) is 1.93. The molecule has 0 amide bonds. The first-order valence-corrected chi connectivity index (χ1v) is 10.2. The van der Waals surface area contributed by atoms with E-state index in [4.69, 9.17) is 5.73 Å². The molecular weight excluding hydrogens is 390 g/mol. The van der Waals surface area contributed by atoms with Crippen LogP contribution in [0, 0.1) is 0 Å². The molecule has 2 rings (SSSR count). The lowest BCUT2D eigenvalue weighted by Crippen LogP contribution is -2.33. The average molecular weight is 410 g/mol. The van der Waals surface area contributed by atoms with Gasteiger partial charge in [0.25, 0.3) is 0 Å². The first-order valence-electron chi connectivity index (χ1n) is 7.19. The summed E-state index contributed by atoms with van der Waals surface area (Å²) in [6, 6.07) is 14.4. The van der Waals surface area contributed by atoms with Crippen LogP contribution < -0.4 is 10.6 Å². The minimum Gasteiger partial charge on any atom is -0.369 e. The third-order valence-corrected chi connectivity index (χ3v) is 5.52. The molecule has 0 spiro atoms. The molecule has 6 heteroatoms. The van der Waals surface area contributed by atoms with E-state index >= 15 is 0 Å². The molecule has 3 nitrogen and oxygen atoms in total. The van der Waals surface area contributed by atoms with E-state index in [1.165, 1.54) is 9.79 Å². The molecule has 2 aromatic rings. The Bertz CT molecular complexity index is 704. The van der Waals surface area contributed by atoms with E-state index in [0.717, 1.165) is 21.6 Å². The number of thioether (sulfide) groups is 2. The van der Waals surface area contributed by atoms with Crippen LogP contribution >= 0.6 is 39.5 Å². The summed E-state index contributed by atoms with van der Waals surface area (Å²) in [6.45, 7) is 2.14. The lowest BCUT2D eigenvalue weighted by Gasteiger charge is -2.19. The van der Waals surface area contributed by atoms with Gasteiger partial charge in [-0.2, -0.15) is 0 Å².